The molecule has 0 radical (unpaired) electrons. The molecule has 1 aromatic heterocycles. The van der Waals surface area contributed by atoms with E-state index in [1.807, 2.05) is 6.07 Å². The van der Waals surface area contributed by atoms with Gasteiger partial charge in [-0.3, -0.25) is 0 Å². The van der Waals surface area contributed by atoms with Gasteiger partial charge in [-0.2, -0.15) is 9.29 Å². The van der Waals surface area contributed by atoms with Crippen molar-refractivity contribution >= 4 is 21.8 Å². The molecule has 4 rings (SSSR count). The van der Waals surface area contributed by atoms with E-state index >= 15 is 0 Å². The Kier molecular flexibility index (Phi) is 5.45. The van der Waals surface area contributed by atoms with Crippen molar-refractivity contribution in [3.8, 4) is 0 Å². The van der Waals surface area contributed by atoms with Crippen LogP contribution >= 0.6 is 0 Å². The molecule has 2 saturated heterocycles. The smallest absolute Gasteiger partial charge is 0.243 e. The zero-order chi connectivity index (χ0) is 19.6. The first-order valence-electron chi connectivity index (χ1n) is 9.63. The number of hydrogen-bond donors (Lipinski definition) is 0. The molecule has 2 fully saturated rings. The minimum Gasteiger partial charge on any atom is -0.354 e. The maximum atomic E-state index is 13.1. The van der Waals surface area contributed by atoms with E-state index in [0.717, 1.165) is 37.7 Å². The van der Waals surface area contributed by atoms with Gasteiger partial charge in [0, 0.05) is 45.5 Å². The Bertz CT molecular complexity index is 908. The van der Waals surface area contributed by atoms with Gasteiger partial charge in [0.1, 0.15) is 11.6 Å². The molecule has 1 aromatic carbocycles. The van der Waals surface area contributed by atoms with E-state index in [0.29, 0.717) is 26.2 Å². The van der Waals surface area contributed by atoms with Crippen LogP contribution in [0.4, 0.5) is 16.2 Å². The van der Waals surface area contributed by atoms with Gasteiger partial charge < -0.3 is 9.80 Å². The van der Waals surface area contributed by atoms with Crippen molar-refractivity contribution < 1.29 is 12.8 Å². The number of anilines is 2. The monoisotopic (exact) mass is 405 g/mol. The Hall–Kier alpha value is -2.26. The van der Waals surface area contributed by atoms with Gasteiger partial charge in [-0.1, -0.05) is 0 Å². The Morgan fingerprint density at radius 1 is 0.821 bits per heavy atom. The largest absolute Gasteiger partial charge is 0.354 e. The first-order valence-corrected chi connectivity index (χ1v) is 11.1. The van der Waals surface area contributed by atoms with Gasteiger partial charge in [0.15, 0.2) is 0 Å². The van der Waals surface area contributed by atoms with Crippen molar-refractivity contribution in [1.82, 2.24) is 14.3 Å². The van der Waals surface area contributed by atoms with Crippen molar-refractivity contribution in [2.45, 2.75) is 24.2 Å². The molecule has 0 aliphatic carbocycles. The van der Waals surface area contributed by atoms with Crippen molar-refractivity contribution in [2.75, 3.05) is 49.1 Å². The molecule has 0 amide bonds. The summed E-state index contributed by atoms with van der Waals surface area (Å²) in [5.41, 5.74) is 0. The zero-order valence-electron chi connectivity index (χ0n) is 15.7. The fourth-order valence-electron chi connectivity index (χ4n) is 3.67. The highest BCUT2D eigenvalue weighted by Gasteiger charge is 2.29. The van der Waals surface area contributed by atoms with Gasteiger partial charge in [-0.15, -0.1) is 0 Å². The number of halogens is 1. The van der Waals surface area contributed by atoms with Crippen molar-refractivity contribution in [2.24, 2.45) is 0 Å². The van der Waals surface area contributed by atoms with Crippen LogP contribution in [0.15, 0.2) is 41.4 Å². The summed E-state index contributed by atoms with van der Waals surface area (Å²) >= 11 is 0. The standard InChI is InChI=1S/C19H24FN5O2S/c20-16-4-6-17(7-5-16)28(26,27)25-14-12-23(13-15-25)18-8-9-21-19(22-18)24-10-2-1-3-11-24/h4-9H,1-3,10-15H2. The summed E-state index contributed by atoms with van der Waals surface area (Å²) in [5.74, 6) is 1.13. The van der Waals surface area contributed by atoms with E-state index in [2.05, 4.69) is 14.8 Å². The first kappa shape index (κ1) is 19.1. The van der Waals surface area contributed by atoms with E-state index in [1.165, 1.54) is 35.0 Å². The lowest BCUT2D eigenvalue weighted by Gasteiger charge is -2.35. The predicted molar refractivity (Wildman–Crippen MR) is 105 cm³/mol. The average Bonchev–Trinajstić information content (AvgIpc) is 2.75. The van der Waals surface area contributed by atoms with Crippen LogP contribution in [0.2, 0.25) is 0 Å². The van der Waals surface area contributed by atoms with Crippen LogP contribution in [-0.2, 0) is 10.0 Å². The molecule has 0 spiro atoms. The lowest BCUT2D eigenvalue weighted by molar-refractivity contribution is 0.383. The topological polar surface area (TPSA) is 69.6 Å². The molecule has 150 valence electrons. The number of piperidine rings is 1. The van der Waals surface area contributed by atoms with E-state index in [1.54, 1.807) is 6.20 Å². The average molecular weight is 405 g/mol. The van der Waals surface area contributed by atoms with Crippen LogP contribution in [0.25, 0.3) is 0 Å². The molecule has 28 heavy (non-hydrogen) atoms. The Balaban J connectivity index is 1.43. The molecule has 7 nitrogen and oxygen atoms in total. The maximum Gasteiger partial charge on any atom is 0.243 e. The Morgan fingerprint density at radius 3 is 2.18 bits per heavy atom. The molecule has 2 aliphatic heterocycles. The highest BCUT2D eigenvalue weighted by molar-refractivity contribution is 7.89. The van der Waals surface area contributed by atoms with Crippen molar-refractivity contribution in [1.29, 1.82) is 0 Å². The fraction of sp³-hybridized carbons (Fsp3) is 0.474. The number of sulfonamides is 1. The second kappa shape index (κ2) is 8.00. The summed E-state index contributed by atoms with van der Waals surface area (Å²) in [6.07, 6.45) is 5.34. The molecular weight excluding hydrogens is 381 g/mol. The zero-order valence-corrected chi connectivity index (χ0v) is 16.5. The number of piperazine rings is 1. The molecule has 9 heteroatoms. The molecule has 0 N–H and O–H groups in total. The fourth-order valence-corrected chi connectivity index (χ4v) is 5.10. The van der Waals surface area contributed by atoms with Crippen LogP contribution in [0.3, 0.4) is 0 Å². The Morgan fingerprint density at radius 2 is 1.50 bits per heavy atom. The highest BCUT2D eigenvalue weighted by atomic mass is 32.2. The molecule has 0 saturated carbocycles. The summed E-state index contributed by atoms with van der Waals surface area (Å²) < 4.78 is 40.1. The minimum absolute atomic E-state index is 0.122. The third-order valence-electron chi connectivity index (χ3n) is 5.28. The van der Waals surface area contributed by atoms with E-state index in [-0.39, 0.29) is 4.90 Å². The summed E-state index contributed by atoms with van der Waals surface area (Å²) in [7, 11) is -3.61. The predicted octanol–water partition coefficient (Wildman–Crippen LogP) is 2.12. The van der Waals surface area contributed by atoms with Gasteiger partial charge in [0.2, 0.25) is 16.0 Å². The second-order valence-electron chi connectivity index (χ2n) is 7.11. The van der Waals surface area contributed by atoms with Gasteiger partial charge in [-0.25, -0.2) is 17.8 Å². The highest BCUT2D eigenvalue weighted by Crippen LogP contribution is 2.22. The number of aromatic nitrogens is 2. The van der Waals surface area contributed by atoms with Crippen LogP contribution in [0, 0.1) is 5.82 Å². The molecule has 3 heterocycles. The van der Waals surface area contributed by atoms with Gasteiger partial charge >= 0.3 is 0 Å². The third-order valence-corrected chi connectivity index (χ3v) is 7.19. The minimum atomic E-state index is -3.61. The number of nitrogens with zero attached hydrogens (tertiary/aromatic N) is 5. The van der Waals surface area contributed by atoms with Gasteiger partial charge in [-0.05, 0) is 49.6 Å². The number of hydrogen-bond acceptors (Lipinski definition) is 6. The maximum absolute atomic E-state index is 13.1. The van der Waals surface area contributed by atoms with E-state index in [4.69, 9.17) is 4.98 Å². The first-order chi connectivity index (χ1) is 13.5. The van der Waals surface area contributed by atoms with Crippen LogP contribution in [0.1, 0.15) is 19.3 Å². The summed E-state index contributed by atoms with van der Waals surface area (Å²) in [4.78, 5) is 13.5. The quantitative estimate of drug-likeness (QED) is 0.776. The summed E-state index contributed by atoms with van der Waals surface area (Å²) in [5, 5.41) is 0. The lowest BCUT2D eigenvalue weighted by Crippen LogP contribution is -2.49. The summed E-state index contributed by atoms with van der Waals surface area (Å²) in [6, 6.07) is 6.84. The Labute approximate surface area is 164 Å². The third kappa shape index (κ3) is 3.95. The second-order valence-corrected chi connectivity index (χ2v) is 9.05. The molecule has 0 unspecified atom stereocenters. The molecular formula is C19H24FN5O2S. The molecule has 0 atom stereocenters. The van der Waals surface area contributed by atoms with Crippen molar-refractivity contribution in [3.63, 3.8) is 0 Å². The normalized spacial score (nSPS) is 19.0. The molecule has 2 aromatic rings. The van der Waals surface area contributed by atoms with Gasteiger partial charge in [0.05, 0.1) is 4.90 Å². The number of rotatable bonds is 4. The van der Waals surface area contributed by atoms with Crippen molar-refractivity contribution in [3.05, 3.63) is 42.3 Å². The van der Waals surface area contributed by atoms with Crippen LogP contribution < -0.4 is 9.80 Å². The lowest BCUT2D eigenvalue weighted by atomic mass is 10.1. The number of benzene rings is 1. The molecule has 0 bridgehead atoms. The van der Waals surface area contributed by atoms with Crippen LogP contribution in [0.5, 0.6) is 0 Å². The summed E-state index contributed by atoms with van der Waals surface area (Å²) in [6.45, 7) is 3.79. The van der Waals surface area contributed by atoms with E-state index < -0.39 is 15.8 Å². The van der Waals surface area contributed by atoms with Gasteiger partial charge in [0.25, 0.3) is 0 Å². The van der Waals surface area contributed by atoms with E-state index in [9.17, 15) is 12.8 Å². The molecule has 2 aliphatic rings. The van der Waals surface area contributed by atoms with Crippen LogP contribution in [-0.4, -0.2) is 62.0 Å². The SMILES string of the molecule is O=S(=O)(c1ccc(F)cc1)N1CCN(c2ccnc(N3CCCCC3)n2)CC1.